The van der Waals surface area contributed by atoms with Crippen molar-refractivity contribution in [2.75, 3.05) is 19.8 Å². The Morgan fingerprint density at radius 1 is 0.800 bits per heavy atom. The van der Waals surface area contributed by atoms with Crippen LogP contribution in [0.15, 0.2) is 91.0 Å². The molecule has 0 aliphatic carbocycles. The molecule has 2 saturated heterocycles. The average Bonchev–Trinajstić information content (AvgIpc) is 3.42. The normalized spacial score (nSPS) is 26.1. The van der Waals surface area contributed by atoms with Gasteiger partial charge in [0.2, 0.25) is 11.9 Å². The van der Waals surface area contributed by atoms with E-state index in [1.807, 2.05) is 97.9 Å². The van der Waals surface area contributed by atoms with Crippen LogP contribution in [0.3, 0.4) is 0 Å². The summed E-state index contributed by atoms with van der Waals surface area (Å²) in [7, 11) is 0. The van der Waals surface area contributed by atoms with E-state index < -0.39 is 23.5 Å². The van der Waals surface area contributed by atoms with E-state index in [0.29, 0.717) is 39.1 Å². The molecular formula is C33H38O7. The molecule has 0 aromatic heterocycles. The molecule has 40 heavy (non-hydrogen) atoms. The Hall–Kier alpha value is -3.07. The molecule has 3 aromatic rings. The number of hydrogen-bond donors (Lipinski definition) is 0. The van der Waals surface area contributed by atoms with Crippen LogP contribution in [-0.4, -0.2) is 49.4 Å². The highest BCUT2D eigenvalue weighted by atomic mass is 16.8. The number of esters is 1. The number of carbonyl (C=O) groups is 1. The van der Waals surface area contributed by atoms with Crippen LogP contribution in [0.2, 0.25) is 0 Å². The second-order valence-corrected chi connectivity index (χ2v) is 10.5. The summed E-state index contributed by atoms with van der Waals surface area (Å²) in [6.45, 7) is 4.00. The molecule has 0 bridgehead atoms. The number of ether oxygens (including phenoxy) is 6. The number of carbonyl (C=O) groups excluding carboxylic acids is 1. The molecule has 0 N–H and O–H groups in total. The molecule has 0 radical (unpaired) electrons. The van der Waals surface area contributed by atoms with E-state index in [1.165, 1.54) is 0 Å². The molecule has 212 valence electrons. The Kier molecular flexibility index (Phi) is 9.62. The first-order valence-corrected chi connectivity index (χ1v) is 14.0. The third-order valence-corrected chi connectivity index (χ3v) is 7.50. The van der Waals surface area contributed by atoms with E-state index in [1.54, 1.807) is 0 Å². The quantitative estimate of drug-likeness (QED) is 0.274. The van der Waals surface area contributed by atoms with Crippen molar-refractivity contribution in [2.24, 2.45) is 0 Å². The molecule has 2 aliphatic heterocycles. The van der Waals surface area contributed by atoms with Gasteiger partial charge in [0.1, 0.15) is 12.2 Å². The molecule has 7 nitrogen and oxygen atoms in total. The summed E-state index contributed by atoms with van der Waals surface area (Å²) >= 11 is 0. The van der Waals surface area contributed by atoms with Crippen LogP contribution < -0.4 is 0 Å². The van der Waals surface area contributed by atoms with Crippen molar-refractivity contribution in [3.8, 4) is 0 Å². The summed E-state index contributed by atoms with van der Waals surface area (Å²) in [6, 6.07) is 29.6. The molecule has 4 atom stereocenters. The van der Waals surface area contributed by atoms with Gasteiger partial charge in [-0.25, -0.2) is 4.79 Å². The summed E-state index contributed by atoms with van der Waals surface area (Å²) in [6.07, 6.45) is 0.514. The minimum absolute atomic E-state index is 0.142. The van der Waals surface area contributed by atoms with E-state index in [9.17, 15) is 4.79 Å². The molecule has 5 rings (SSSR count). The van der Waals surface area contributed by atoms with Crippen LogP contribution in [0.5, 0.6) is 0 Å². The SMILES string of the molecule is CCC1(COCc2ccccc2)CO[C@@]2(CC[C@H](COCc3ccccc3)O2)C(C(=O)OCc2ccccc2)O1. The molecular weight excluding hydrogens is 508 g/mol. The summed E-state index contributed by atoms with van der Waals surface area (Å²) in [5.41, 5.74) is 2.26. The molecule has 0 saturated carbocycles. The highest BCUT2D eigenvalue weighted by Gasteiger charge is 2.59. The van der Waals surface area contributed by atoms with Crippen molar-refractivity contribution in [1.82, 2.24) is 0 Å². The highest BCUT2D eigenvalue weighted by molar-refractivity contribution is 5.76. The topological polar surface area (TPSA) is 72.5 Å². The molecule has 2 heterocycles. The minimum atomic E-state index is -1.23. The Bertz CT molecular complexity index is 1190. The first-order valence-electron chi connectivity index (χ1n) is 14.0. The van der Waals surface area contributed by atoms with Gasteiger partial charge < -0.3 is 28.4 Å². The molecule has 1 spiro atoms. The zero-order valence-electron chi connectivity index (χ0n) is 23.0. The fourth-order valence-electron chi connectivity index (χ4n) is 5.09. The molecule has 2 fully saturated rings. The lowest BCUT2D eigenvalue weighted by Gasteiger charge is -2.47. The summed E-state index contributed by atoms with van der Waals surface area (Å²) in [4.78, 5) is 13.6. The van der Waals surface area contributed by atoms with Gasteiger partial charge in [0.05, 0.1) is 39.1 Å². The predicted molar refractivity (Wildman–Crippen MR) is 149 cm³/mol. The fourth-order valence-corrected chi connectivity index (χ4v) is 5.09. The Morgan fingerprint density at radius 2 is 1.38 bits per heavy atom. The van der Waals surface area contributed by atoms with Crippen molar-refractivity contribution >= 4 is 5.97 Å². The second kappa shape index (κ2) is 13.5. The lowest BCUT2D eigenvalue weighted by atomic mass is 9.96. The van der Waals surface area contributed by atoms with E-state index in [2.05, 4.69) is 0 Å². The zero-order chi connectivity index (χ0) is 27.7. The van der Waals surface area contributed by atoms with Gasteiger partial charge in [0.15, 0.2) is 0 Å². The molecule has 2 aliphatic rings. The maximum Gasteiger partial charge on any atom is 0.341 e. The number of hydrogen-bond acceptors (Lipinski definition) is 7. The van der Waals surface area contributed by atoms with Gasteiger partial charge in [-0.3, -0.25) is 0 Å². The second-order valence-electron chi connectivity index (χ2n) is 10.5. The maximum absolute atomic E-state index is 13.6. The van der Waals surface area contributed by atoms with Crippen LogP contribution in [0.4, 0.5) is 0 Å². The first kappa shape index (κ1) is 28.5. The first-order chi connectivity index (χ1) is 19.6. The van der Waals surface area contributed by atoms with Gasteiger partial charge in [0.25, 0.3) is 0 Å². The van der Waals surface area contributed by atoms with Crippen LogP contribution in [0, 0.1) is 0 Å². The van der Waals surface area contributed by atoms with Crippen LogP contribution in [0.1, 0.15) is 42.9 Å². The largest absolute Gasteiger partial charge is 0.459 e. The summed E-state index contributed by atoms with van der Waals surface area (Å²) < 4.78 is 37.2. The summed E-state index contributed by atoms with van der Waals surface area (Å²) in [5.74, 6) is -1.73. The van der Waals surface area contributed by atoms with Crippen LogP contribution in [0.25, 0.3) is 0 Å². The van der Waals surface area contributed by atoms with Gasteiger partial charge in [-0.2, -0.15) is 0 Å². The Balaban J connectivity index is 1.25. The summed E-state index contributed by atoms with van der Waals surface area (Å²) in [5, 5.41) is 0. The van der Waals surface area contributed by atoms with Gasteiger partial charge in [-0.05, 0) is 29.5 Å². The fraction of sp³-hybridized carbons (Fsp3) is 0.424. The zero-order valence-corrected chi connectivity index (χ0v) is 23.0. The number of benzene rings is 3. The number of rotatable bonds is 12. The van der Waals surface area contributed by atoms with Gasteiger partial charge in [-0.1, -0.05) is 97.9 Å². The van der Waals surface area contributed by atoms with Gasteiger partial charge in [0, 0.05) is 6.42 Å². The standard InChI is InChI=1S/C33H38O7/c1-2-32(24-36-21-27-14-8-4-9-15-27)25-38-33(30(40-32)31(34)37-22-28-16-10-5-11-17-28)19-18-29(39-33)23-35-20-26-12-6-3-7-13-26/h3-17,29-30H,2,18-25H2,1H3/t29-,30?,32?,33-/m1/s1. The minimum Gasteiger partial charge on any atom is -0.459 e. The Morgan fingerprint density at radius 3 is 1.98 bits per heavy atom. The van der Waals surface area contributed by atoms with E-state index in [4.69, 9.17) is 28.4 Å². The van der Waals surface area contributed by atoms with E-state index in [-0.39, 0.29) is 25.9 Å². The predicted octanol–water partition coefficient (Wildman–Crippen LogP) is 5.60. The molecule has 0 amide bonds. The monoisotopic (exact) mass is 546 g/mol. The van der Waals surface area contributed by atoms with Crippen molar-refractivity contribution in [1.29, 1.82) is 0 Å². The highest BCUT2D eigenvalue weighted by Crippen LogP contribution is 2.43. The van der Waals surface area contributed by atoms with Crippen LogP contribution >= 0.6 is 0 Å². The van der Waals surface area contributed by atoms with Crippen molar-refractivity contribution in [3.05, 3.63) is 108 Å². The molecule has 7 heteroatoms. The maximum atomic E-state index is 13.6. The van der Waals surface area contributed by atoms with E-state index in [0.717, 1.165) is 16.7 Å². The average molecular weight is 547 g/mol. The van der Waals surface area contributed by atoms with Crippen molar-refractivity contribution in [2.45, 2.75) is 69.6 Å². The van der Waals surface area contributed by atoms with Crippen molar-refractivity contribution < 1.29 is 33.2 Å². The lowest BCUT2D eigenvalue weighted by Crippen LogP contribution is -2.63. The third-order valence-electron chi connectivity index (χ3n) is 7.50. The Labute approximate surface area is 236 Å². The van der Waals surface area contributed by atoms with Crippen molar-refractivity contribution in [3.63, 3.8) is 0 Å². The van der Waals surface area contributed by atoms with Gasteiger partial charge >= 0.3 is 5.97 Å². The third kappa shape index (κ3) is 7.16. The van der Waals surface area contributed by atoms with Gasteiger partial charge in [-0.15, -0.1) is 0 Å². The lowest BCUT2D eigenvalue weighted by molar-refractivity contribution is -0.359. The molecule has 3 aromatic carbocycles. The van der Waals surface area contributed by atoms with Crippen LogP contribution in [-0.2, 0) is 53.0 Å². The smallest absolute Gasteiger partial charge is 0.341 e. The van der Waals surface area contributed by atoms with E-state index >= 15 is 0 Å². The molecule has 2 unspecified atom stereocenters.